The molecule has 31 heavy (non-hydrogen) atoms. The molecule has 0 saturated heterocycles. The molecule has 3 aromatic carbocycles. The van der Waals surface area contributed by atoms with Crippen LogP contribution in [0.1, 0.15) is 20.7 Å². The second-order valence-corrected chi connectivity index (χ2v) is 9.27. The summed E-state index contributed by atoms with van der Waals surface area (Å²) in [6.07, 6.45) is 0. The maximum atomic E-state index is 12.9. The Morgan fingerprint density at radius 3 is 2.42 bits per heavy atom. The van der Waals surface area contributed by atoms with Gasteiger partial charge in [0.1, 0.15) is 0 Å². The molecular weight excluding hydrogens is 593 g/mol. The highest BCUT2D eigenvalue weighted by Gasteiger charge is 2.18. The topological polar surface area (TPSA) is 56.3 Å². The molecule has 4 rings (SSSR count). The largest absolute Gasteiger partial charge is 0.454 e. The van der Waals surface area contributed by atoms with Gasteiger partial charge in [0, 0.05) is 24.6 Å². The Kier molecular flexibility index (Phi) is 6.69. The number of carbonyl (C=O) groups is 2. The third-order valence-corrected chi connectivity index (χ3v) is 6.20. The summed E-state index contributed by atoms with van der Waals surface area (Å²) < 4.78 is 7.31. The highest BCUT2D eigenvalue weighted by molar-refractivity contribution is 14.1. The average Bonchev–Trinajstić information content (AvgIpc) is 2.78. The van der Waals surface area contributed by atoms with Crippen LogP contribution in [0.4, 0.5) is 0 Å². The number of pyridine rings is 1. The molecule has 0 N–H and O–H groups in total. The number of halogens is 3. The summed E-state index contributed by atoms with van der Waals surface area (Å²) in [5.74, 6) is -0.887. The first kappa shape index (κ1) is 21.9. The second-order valence-electron chi connectivity index (χ2n) is 6.70. The molecule has 0 spiro atoms. The smallest absolute Gasteiger partial charge is 0.339 e. The van der Waals surface area contributed by atoms with Gasteiger partial charge in [0.15, 0.2) is 12.4 Å². The number of para-hydroxylation sites is 1. The number of hydrogen-bond donors (Lipinski definition) is 0. The average molecular weight is 607 g/mol. The molecule has 0 unspecified atom stereocenters. The standard InChI is InChI=1S/C24H14BrClINO3/c25-16-8-4-15(5-9-16)22(29)13-31-24(30)19-12-21(14-6-10-17(27)11-7-14)28-23-18(19)2-1-3-20(23)26/h1-12H,13H2. The van der Waals surface area contributed by atoms with Gasteiger partial charge in [-0.1, -0.05) is 63.9 Å². The van der Waals surface area contributed by atoms with Crippen molar-refractivity contribution in [2.45, 2.75) is 0 Å². The van der Waals surface area contributed by atoms with Crippen LogP contribution in [0.3, 0.4) is 0 Å². The second kappa shape index (κ2) is 9.46. The summed E-state index contributed by atoms with van der Waals surface area (Å²) in [5, 5.41) is 1.01. The third kappa shape index (κ3) is 4.97. The summed E-state index contributed by atoms with van der Waals surface area (Å²) >= 11 is 11.9. The van der Waals surface area contributed by atoms with E-state index in [1.54, 1.807) is 48.5 Å². The molecule has 0 fully saturated rings. The molecule has 7 heteroatoms. The van der Waals surface area contributed by atoms with Gasteiger partial charge in [0.05, 0.1) is 21.8 Å². The quantitative estimate of drug-likeness (QED) is 0.140. The summed E-state index contributed by atoms with van der Waals surface area (Å²) in [4.78, 5) is 30.0. The van der Waals surface area contributed by atoms with Crippen LogP contribution in [0.25, 0.3) is 22.2 Å². The molecule has 4 nitrogen and oxygen atoms in total. The number of esters is 1. The number of hydrogen-bond acceptors (Lipinski definition) is 4. The maximum absolute atomic E-state index is 12.9. The summed E-state index contributed by atoms with van der Waals surface area (Å²) in [7, 11) is 0. The van der Waals surface area contributed by atoms with Crippen LogP contribution in [0.2, 0.25) is 5.02 Å². The van der Waals surface area contributed by atoms with Gasteiger partial charge in [-0.25, -0.2) is 9.78 Å². The van der Waals surface area contributed by atoms with E-state index in [1.165, 1.54) is 0 Å². The van der Waals surface area contributed by atoms with Crippen molar-refractivity contribution in [3.8, 4) is 11.3 Å². The zero-order valence-corrected chi connectivity index (χ0v) is 20.4. The van der Waals surface area contributed by atoms with Gasteiger partial charge in [-0.2, -0.15) is 0 Å². The molecule has 154 valence electrons. The first-order chi connectivity index (χ1) is 14.9. The third-order valence-electron chi connectivity index (χ3n) is 4.65. The Balaban J connectivity index is 1.67. The molecule has 0 radical (unpaired) electrons. The van der Waals surface area contributed by atoms with Crippen LogP contribution < -0.4 is 0 Å². The van der Waals surface area contributed by atoms with Crippen LogP contribution in [-0.2, 0) is 4.74 Å². The molecule has 0 aliphatic rings. The number of fused-ring (bicyclic) bond motifs is 1. The summed E-state index contributed by atoms with van der Waals surface area (Å²) in [5.41, 5.74) is 2.74. The van der Waals surface area contributed by atoms with Crippen molar-refractivity contribution in [2.24, 2.45) is 0 Å². The highest BCUT2D eigenvalue weighted by Crippen LogP contribution is 2.30. The van der Waals surface area contributed by atoms with Gasteiger partial charge in [0.2, 0.25) is 0 Å². The van der Waals surface area contributed by atoms with E-state index in [-0.39, 0.29) is 12.4 Å². The van der Waals surface area contributed by atoms with E-state index in [2.05, 4.69) is 43.5 Å². The van der Waals surface area contributed by atoms with Gasteiger partial charge < -0.3 is 4.74 Å². The van der Waals surface area contributed by atoms with Crippen molar-refractivity contribution < 1.29 is 14.3 Å². The normalized spacial score (nSPS) is 10.8. The van der Waals surface area contributed by atoms with E-state index in [9.17, 15) is 9.59 Å². The van der Waals surface area contributed by atoms with E-state index in [4.69, 9.17) is 16.3 Å². The van der Waals surface area contributed by atoms with Crippen molar-refractivity contribution in [3.63, 3.8) is 0 Å². The minimum atomic E-state index is -0.605. The number of Topliss-reactive ketones (excluding diaryl/α,β-unsaturated/α-hetero) is 1. The summed E-state index contributed by atoms with van der Waals surface area (Å²) in [6, 6.07) is 21.6. The number of benzene rings is 3. The van der Waals surface area contributed by atoms with Gasteiger partial charge in [0.25, 0.3) is 0 Å². The number of nitrogens with zero attached hydrogens (tertiary/aromatic N) is 1. The lowest BCUT2D eigenvalue weighted by molar-refractivity contribution is 0.0476. The molecule has 4 aromatic rings. The fraction of sp³-hybridized carbons (Fsp3) is 0.0417. The SMILES string of the molecule is O=C(COC(=O)c1cc(-c2ccc(I)cc2)nc2c(Cl)cccc12)c1ccc(Br)cc1. The molecule has 0 aliphatic carbocycles. The molecule has 0 atom stereocenters. The first-order valence-corrected chi connectivity index (χ1v) is 11.5. The van der Waals surface area contributed by atoms with Crippen LogP contribution in [0.5, 0.6) is 0 Å². The Hall–Kier alpha value is -2.29. The molecule has 1 heterocycles. The maximum Gasteiger partial charge on any atom is 0.339 e. The van der Waals surface area contributed by atoms with Gasteiger partial charge in [-0.05, 0) is 59.0 Å². The first-order valence-electron chi connectivity index (χ1n) is 9.23. The van der Waals surface area contributed by atoms with E-state index < -0.39 is 5.97 Å². The zero-order valence-electron chi connectivity index (χ0n) is 15.9. The number of ketones is 1. The van der Waals surface area contributed by atoms with Crippen molar-refractivity contribution in [1.29, 1.82) is 0 Å². The van der Waals surface area contributed by atoms with Gasteiger partial charge in [-0.3, -0.25) is 4.79 Å². The fourth-order valence-electron chi connectivity index (χ4n) is 3.08. The lowest BCUT2D eigenvalue weighted by Crippen LogP contribution is -2.15. The van der Waals surface area contributed by atoms with Crippen molar-refractivity contribution in [2.75, 3.05) is 6.61 Å². The molecule has 0 bridgehead atoms. The lowest BCUT2D eigenvalue weighted by Gasteiger charge is -2.11. The number of carbonyl (C=O) groups excluding carboxylic acids is 2. The monoisotopic (exact) mass is 605 g/mol. The van der Waals surface area contributed by atoms with Gasteiger partial charge >= 0.3 is 5.97 Å². The Morgan fingerprint density at radius 1 is 1.00 bits per heavy atom. The van der Waals surface area contributed by atoms with E-state index in [1.807, 2.05) is 24.3 Å². The Labute approximate surface area is 205 Å². The fourth-order valence-corrected chi connectivity index (χ4v) is 3.92. The van der Waals surface area contributed by atoms with Crippen molar-refractivity contribution in [1.82, 2.24) is 4.98 Å². The summed E-state index contributed by atoms with van der Waals surface area (Å²) in [6.45, 7) is -0.357. The number of ether oxygens (including phenoxy) is 1. The predicted molar refractivity (Wildman–Crippen MR) is 134 cm³/mol. The molecule has 0 aliphatic heterocycles. The van der Waals surface area contributed by atoms with Crippen LogP contribution in [0.15, 0.2) is 77.3 Å². The molecule has 1 aromatic heterocycles. The Bertz CT molecular complexity index is 1290. The van der Waals surface area contributed by atoms with Gasteiger partial charge in [-0.15, -0.1) is 0 Å². The zero-order chi connectivity index (χ0) is 22.0. The Morgan fingerprint density at radius 2 is 1.71 bits per heavy atom. The van der Waals surface area contributed by atoms with Crippen LogP contribution in [-0.4, -0.2) is 23.3 Å². The van der Waals surface area contributed by atoms with Crippen molar-refractivity contribution >= 4 is 72.8 Å². The minimum Gasteiger partial charge on any atom is -0.454 e. The van der Waals surface area contributed by atoms with Crippen LogP contribution in [0, 0.1) is 3.57 Å². The van der Waals surface area contributed by atoms with E-state index in [0.29, 0.717) is 32.7 Å². The molecule has 0 amide bonds. The molecular formula is C24H14BrClINO3. The highest BCUT2D eigenvalue weighted by atomic mass is 127. The minimum absolute atomic E-state index is 0.282. The van der Waals surface area contributed by atoms with E-state index in [0.717, 1.165) is 13.6 Å². The lowest BCUT2D eigenvalue weighted by atomic mass is 10.0. The van der Waals surface area contributed by atoms with Crippen molar-refractivity contribution in [3.05, 3.63) is 97.0 Å². The van der Waals surface area contributed by atoms with Crippen LogP contribution >= 0.6 is 50.1 Å². The number of aromatic nitrogens is 1. The predicted octanol–water partition coefficient (Wildman–Crippen LogP) is 6.96. The molecule has 0 saturated carbocycles. The number of rotatable bonds is 5. The van der Waals surface area contributed by atoms with E-state index >= 15 is 0 Å².